The van der Waals surface area contributed by atoms with Gasteiger partial charge in [-0.25, -0.2) is 4.98 Å². The van der Waals surface area contributed by atoms with Gasteiger partial charge in [0.25, 0.3) is 0 Å². The van der Waals surface area contributed by atoms with Gasteiger partial charge in [0.2, 0.25) is 0 Å². The van der Waals surface area contributed by atoms with Crippen LogP contribution in [0.3, 0.4) is 0 Å². The summed E-state index contributed by atoms with van der Waals surface area (Å²) in [5.41, 5.74) is 9.21. The molecule has 0 bridgehead atoms. The molecular formula is C11H19N3S. The van der Waals surface area contributed by atoms with E-state index in [1.54, 1.807) is 11.3 Å². The second kappa shape index (κ2) is 5.05. The van der Waals surface area contributed by atoms with E-state index >= 15 is 0 Å². The second-order valence-electron chi connectivity index (χ2n) is 4.41. The van der Waals surface area contributed by atoms with Crippen molar-refractivity contribution in [2.75, 3.05) is 7.05 Å². The summed E-state index contributed by atoms with van der Waals surface area (Å²) in [4.78, 5) is 6.67. The molecule has 0 aromatic carbocycles. The van der Waals surface area contributed by atoms with E-state index in [-0.39, 0.29) is 0 Å². The summed E-state index contributed by atoms with van der Waals surface area (Å²) >= 11 is 1.66. The standard InChI is InChI=1S/C11H19N3S/c1-14(6-9-7-15-8-13-9)11-5-3-2-4-10(11)12/h7-8,10-11H,2-6,12H2,1H3. The first-order valence-electron chi connectivity index (χ1n) is 5.60. The van der Waals surface area contributed by atoms with E-state index in [1.165, 1.54) is 31.4 Å². The first-order chi connectivity index (χ1) is 7.27. The molecule has 1 fully saturated rings. The Morgan fingerprint density at radius 1 is 1.53 bits per heavy atom. The minimum atomic E-state index is 0.349. The molecule has 1 heterocycles. The Hall–Kier alpha value is -0.450. The third kappa shape index (κ3) is 2.77. The summed E-state index contributed by atoms with van der Waals surface area (Å²) in [7, 11) is 2.16. The molecule has 1 saturated carbocycles. The summed E-state index contributed by atoms with van der Waals surface area (Å²) in [5, 5.41) is 2.12. The predicted molar refractivity (Wildman–Crippen MR) is 63.8 cm³/mol. The van der Waals surface area contributed by atoms with Crippen LogP contribution in [0.1, 0.15) is 31.4 Å². The van der Waals surface area contributed by atoms with Crippen LogP contribution in [0, 0.1) is 0 Å². The van der Waals surface area contributed by atoms with E-state index < -0.39 is 0 Å². The number of hydrogen-bond acceptors (Lipinski definition) is 4. The van der Waals surface area contributed by atoms with Gasteiger partial charge in [-0.15, -0.1) is 11.3 Å². The third-order valence-corrected chi connectivity index (χ3v) is 3.88. The summed E-state index contributed by atoms with van der Waals surface area (Å²) in [6.45, 7) is 0.932. The Labute approximate surface area is 95.3 Å². The summed E-state index contributed by atoms with van der Waals surface area (Å²) in [6, 6.07) is 0.892. The number of aromatic nitrogens is 1. The maximum Gasteiger partial charge on any atom is 0.0795 e. The van der Waals surface area contributed by atoms with Crippen molar-refractivity contribution in [2.24, 2.45) is 5.73 Å². The molecule has 0 radical (unpaired) electrons. The molecule has 0 aliphatic heterocycles. The van der Waals surface area contributed by atoms with Gasteiger partial charge in [0.15, 0.2) is 0 Å². The highest BCUT2D eigenvalue weighted by Gasteiger charge is 2.25. The molecule has 15 heavy (non-hydrogen) atoms. The first kappa shape index (κ1) is 11.0. The minimum Gasteiger partial charge on any atom is -0.326 e. The third-order valence-electron chi connectivity index (χ3n) is 3.24. The summed E-state index contributed by atoms with van der Waals surface area (Å²) < 4.78 is 0. The second-order valence-corrected chi connectivity index (χ2v) is 5.13. The quantitative estimate of drug-likeness (QED) is 0.853. The lowest BCUT2D eigenvalue weighted by Crippen LogP contribution is -2.47. The van der Waals surface area contributed by atoms with Gasteiger partial charge in [-0.2, -0.15) is 0 Å². The molecule has 3 nitrogen and oxygen atoms in total. The van der Waals surface area contributed by atoms with Crippen molar-refractivity contribution in [1.29, 1.82) is 0 Å². The molecular weight excluding hydrogens is 206 g/mol. The number of thiazole rings is 1. The van der Waals surface area contributed by atoms with Crippen molar-refractivity contribution < 1.29 is 0 Å². The fraction of sp³-hybridized carbons (Fsp3) is 0.727. The van der Waals surface area contributed by atoms with Gasteiger partial charge in [0.05, 0.1) is 11.2 Å². The highest BCUT2D eigenvalue weighted by atomic mass is 32.1. The molecule has 2 unspecified atom stereocenters. The predicted octanol–water partition coefficient (Wildman–Crippen LogP) is 1.84. The maximum absolute atomic E-state index is 6.15. The van der Waals surface area contributed by atoms with Crippen molar-refractivity contribution in [3.05, 3.63) is 16.6 Å². The highest BCUT2D eigenvalue weighted by Crippen LogP contribution is 2.22. The van der Waals surface area contributed by atoms with Gasteiger partial charge in [-0.1, -0.05) is 12.8 Å². The molecule has 1 aliphatic rings. The Morgan fingerprint density at radius 2 is 2.33 bits per heavy atom. The summed E-state index contributed by atoms with van der Waals surface area (Å²) in [5.74, 6) is 0. The van der Waals surface area contributed by atoms with E-state index in [2.05, 4.69) is 22.3 Å². The first-order valence-corrected chi connectivity index (χ1v) is 6.54. The van der Waals surface area contributed by atoms with Gasteiger partial charge in [-0.3, -0.25) is 4.90 Å². The van der Waals surface area contributed by atoms with E-state index in [0.29, 0.717) is 12.1 Å². The molecule has 0 spiro atoms. The van der Waals surface area contributed by atoms with Crippen LogP contribution in [-0.4, -0.2) is 29.0 Å². The van der Waals surface area contributed by atoms with Crippen LogP contribution >= 0.6 is 11.3 Å². The van der Waals surface area contributed by atoms with Crippen LogP contribution in [-0.2, 0) is 6.54 Å². The van der Waals surface area contributed by atoms with Crippen LogP contribution in [0.15, 0.2) is 10.9 Å². The zero-order valence-electron chi connectivity index (χ0n) is 9.22. The van der Waals surface area contributed by atoms with Crippen molar-refractivity contribution in [2.45, 2.75) is 44.3 Å². The average molecular weight is 225 g/mol. The molecule has 0 saturated heterocycles. The topological polar surface area (TPSA) is 42.2 Å². The van der Waals surface area contributed by atoms with E-state index in [0.717, 1.165) is 6.54 Å². The van der Waals surface area contributed by atoms with Crippen LogP contribution in [0.25, 0.3) is 0 Å². The Balaban J connectivity index is 1.91. The van der Waals surface area contributed by atoms with Crippen LogP contribution < -0.4 is 5.73 Å². The largest absolute Gasteiger partial charge is 0.326 e. The van der Waals surface area contributed by atoms with E-state index in [1.807, 2.05) is 5.51 Å². The molecule has 84 valence electrons. The van der Waals surface area contributed by atoms with Crippen molar-refractivity contribution >= 4 is 11.3 Å². The van der Waals surface area contributed by atoms with Crippen LogP contribution in [0.4, 0.5) is 0 Å². The number of hydrogen-bond donors (Lipinski definition) is 1. The fourth-order valence-corrected chi connectivity index (χ4v) is 2.93. The molecule has 1 aromatic heterocycles. The number of likely N-dealkylation sites (N-methyl/N-ethyl adjacent to an activating group) is 1. The van der Waals surface area contributed by atoms with Gasteiger partial charge in [0.1, 0.15) is 0 Å². The van der Waals surface area contributed by atoms with E-state index in [9.17, 15) is 0 Å². The average Bonchev–Trinajstić information content (AvgIpc) is 2.71. The van der Waals surface area contributed by atoms with E-state index in [4.69, 9.17) is 5.73 Å². The fourth-order valence-electron chi connectivity index (χ4n) is 2.38. The lowest BCUT2D eigenvalue weighted by Gasteiger charge is -2.35. The van der Waals surface area contributed by atoms with Crippen molar-refractivity contribution in [3.8, 4) is 0 Å². The molecule has 0 amide bonds. The molecule has 1 aromatic rings. The normalized spacial score (nSPS) is 27.1. The zero-order valence-corrected chi connectivity index (χ0v) is 10.0. The van der Waals surface area contributed by atoms with Crippen molar-refractivity contribution in [1.82, 2.24) is 9.88 Å². The van der Waals surface area contributed by atoms with Gasteiger partial charge < -0.3 is 5.73 Å². The van der Waals surface area contributed by atoms with Crippen molar-refractivity contribution in [3.63, 3.8) is 0 Å². The highest BCUT2D eigenvalue weighted by molar-refractivity contribution is 7.07. The Kier molecular flexibility index (Phi) is 3.72. The lowest BCUT2D eigenvalue weighted by atomic mass is 9.90. The SMILES string of the molecule is CN(Cc1cscn1)C1CCCCC1N. The van der Waals surface area contributed by atoms with Gasteiger partial charge in [0, 0.05) is 24.0 Å². The molecule has 2 atom stereocenters. The van der Waals surface area contributed by atoms with Gasteiger partial charge >= 0.3 is 0 Å². The molecule has 2 N–H and O–H groups in total. The molecule has 1 aliphatic carbocycles. The van der Waals surface area contributed by atoms with Crippen LogP contribution in [0.5, 0.6) is 0 Å². The molecule has 2 rings (SSSR count). The minimum absolute atomic E-state index is 0.349. The molecule has 4 heteroatoms. The maximum atomic E-state index is 6.15. The smallest absolute Gasteiger partial charge is 0.0795 e. The van der Waals surface area contributed by atoms with Crippen LogP contribution in [0.2, 0.25) is 0 Å². The van der Waals surface area contributed by atoms with Gasteiger partial charge in [-0.05, 0) is 19.9 Å². The summed E-state index contributed by atoms with van der Waals surface area (Å²) in [6.07, 6.45) is 5.02. The number of rotatable bonds is 3. The Bertz CT molecular complexity index is 286. The Morgan fingerprint density at radius 3 is 3.00 bits per heavy atom. The zero-order chi connectivity index (χ0) is 10.7. The number of nitrogens with zero attached hydrogens (tertiary/aromatic N) is 2. The lowest BCUT2D eigenvalue weighted by molar-refractivity contribution is 0.161. The monoisotopic (exact) mass is 225 g/mol. The number of nitrogens with two attached hydrogens (primary N) is 1.